The fraction of sp³-hybridized carbons (Fsp3) is 0.364. The fourth-order valence-corrected chi connectivity index (χ4v) is 4.27. The number of aliphatic imine (C=N–C) groups is 1. The molecule has 1 aromatic carbocycles. The van der Waals surface area contributed by atoms with Gasteiger partial charge in [0.2, 0.25) is 23.7 Å². The summed E-state index contributed by atoms with van der Waals surface area (Å²) in [5.41, 5.74) is 1.65. The number of halogens is 1. The molecule has 162 valence electrons. The van der Waals surface area contributed by atoms with Crippen LogP contribution in [0.5, 0.6) is 11.5 Å². The lowest BCUT2D eigenvalue weighted by molar-refractivity contribution is -0.128. The van der Waals surface area contributed by atoms with Crippen LogP contribution in [0.4, 0.5) is 0 Å². The van der Waals surface area contributed by atoms with E-state index in [0.29, 0.717) is 36.1 Å². The lowest BCUT2D eigenvalue weighted by Gasteiger charge is -2.30. The van der Waals surface area contributed by atoms with Crippen LogP contribution in [-0.4, -0.2) is 40.9 Å². The van der Waals surface area contributed by atoms with Gasteiger partial charge in [-0.15, -0.1) is 0 Å². The first-order valence-electron chi connectivity index (χ1n) is 10.2. The summed E-state index contributed by atoms with van der Waals surface area (Å²) in [6.07, 6.45) is 8.30. The number of rotatable bonds is 8. The van der Waals surface area contributed by atoms with E-state index < -0.39 is 0 Å². The molecule has 0 bridgehead atoms. The highest BCUT2D eigenvalue weighted by atomic mass is 79.9. The number of amides is 2. The molecule has 9 heteroatoms. The van der Waals surface area contributed by atoms with Gasteiger partial charge < -0.3 is 14.8 Å². The van der Waals surface area contributed by atoms with Crippen molar-refractivity contribution in [1.82, 2.24) is 10.2 Å². The van der Waals surface area contributed by atoms with Crippen molar-refractivity contribution < 1.29 is 19.1 Å². The third-order valence-electron chi connectivity index (χ3n) is 5.26. The van der Waals surface area contributed by atoms with Gasteiger partial charge in [-0.2, -0.15) is 0 Å². The summed E-state index contributed by atoms with van der Waals surface area (Å²) in [4.78, 5) is 30.8. The minimum atomic E-state index is -0.381. The zero-order chi connectivity index (χ0) is 21.8. The van der Waals surface area contributed by atoms with Crippen LogP contribution in [0.2, 0.25) is 0 Å². The number of nitrogens with zero attached hydrogens (tertiary/aromatic N) is 2. The molecule has 0 spiro atoms. The van der Waals surface area contributed by atoms with Crippen LogP contribution in [0.15, 0.2) is 45.9 Å². The minimum absolute atomic E-state index is 0.000425. The third kappa shape index (κ3) is 5.22. The van der Waals surface area contributed by atoms with Crippen LogP contribution >= 0.6 is 28.1 Å². The molecule has 3 aliphatic rings. The molecule has 1 N–H and O–H groups in total. The van der Waals surface area contributed by atoms with E-state index in [-0.39, 0.29) is 24.5 Å². The molecule has 2 heterocycles. The molecule has 0 saturated heterocycles. The van der Waals surface area contributed by atoms with Gasteiger partial charge >= 0.3 is 0 Å². The Balaban J connectivity index is 1.16. The number of ether oxygens (including phenoxy) is 2. The van der Waals surface area contributed by atoms with Gasteiger partial charge in [0.1, 0.15) is 5.92 Å². The Kier molecular flexibility index (Phi) is 6.82. The van der Waals surface area contributed by atoms with Crippen LogP contribution in [0.25, 0.3) is 0 Å². The molecular weight excluding hydrogens is 482 g/mol. The van der Waals surface area contributed by atoms with E-state index in [2.05, 4.69) is 26.2 Å². The van der Waals surface area contributed by atoms with Gasteiger partial charge in [0.05, 0.1) is 5.71 Å². The first kappa shape index (κ1) is 21.7. The lowest BCUT2D eigenvalue weighted by Crippen LogP contribution is -2.46. The molecule has 4 rings (SSSR count). The normalized spacial score (nSPS) is 19.1. The van der Waals surface area contributed by atoms with E-state index in [9.17, 15) is 9.59 Å². The molecule has 0 fully saturated rings. The highest BCUT2D eigenvalue weighted by Crippen LogP contribution is 2.32. The number of fused-ring (bicyclic) bond motifs is 2. The van der Waals surface area contributed by atoms with Crippen LogP contribution in [0, 0.1) is 5.92 Å². The van der Waals surface area contributed by atoms with E-state index >= 15 is 0 Å². The summed E-state index contributed by atoms with van der Waals surface area (Å²) in [5, 5.41) is 3.24. The zero-order valence-electron chi connectivity index (χ0n) is 16.8. The van der Waals surface area contributed by atoms with Crippen molar-refractivity contribution in [2.45, 2.75) is 32.2 Å². The monoisotopic (exact) mass is 503 g/mol. The van der Waals surface area contributed by atoms with E-state index in [0.717, 1.165) is 35.1 Å². The summed E-state index contributed by atoms with van der Waals surface area (Å²) in [6, 6.07) is 5.64. The number of hydrogen-bond donors (Lipinski definition) is 1. The van der Waals surface area contributed by atoms with Crippen molar-refractivity contribution in [3.63, 3.8) is 0 Å². The van der Waals surface area contributed by atoms with Gasteiger partial charge in [-0.25, -0.2) is 4.99 Å². The first-order valence-corrected chi connectivity index (χ1v) is 11.4. The standard InChI is InChI=1S/C22H22BrN3O4S/c23-15-6-7-17-16(11-15)21(28)26(22(31)25-17)9-3-1-2-4-20(27)24-12-14-5-8-18-19(10-14)30-13-29-18/h5-8,10-11,16H,1-4,9,12-13H2,(H,24,27). The Morgan fingerprint density at radius 1 is 1.23 bits per heavy atom. The molecule has 1 unspecified atom stereocenters. The second-order valence-corrected chi connectivity index (χ2v) is 8.73. The number of benzene rings is 1. The average Bonchev–Trinajstić information content (AvgIpc) is 3.22. The maximum atomic E-state index is 12.8. The molecule has 0 radical (unpaired) electrons. The second-order valence-electron chi connectivity index (χ2n) is 7.45. The maximum Gasteiger partial charge on any atom is 0.241 e. The third-order valence-corrected chi connectivity index (χ3v) is 6.10. The Labute approximate surface area is 194 Å². The Hall–Kier alpha value is -2.52. The number of unbranched alkanes of at least 4 members (excludes halogenated alkanes) is 2. The molecule has 2 amide bonds. The molecule has 1 atom stereocenters. The zero-order valence-corrected chi connectivity index (χ0v) is 19.2. The summed E-state index contributed by atoms with van der Waals surface area (Å²) in [5.74, 6) is 1.01. The summed E-state index contributed by atoms with van der Waals surface area (Å²) >= 11 is 8.71. The molecule has 1 aliphatic carbocycles. The highest BCUT2D eigenvalue weighted by molar-refractivity contribution is 9.11. The Morgan fingerprint density at radius 3 is 2.94 bits per heavy atom. The van der Waals surface area contributed by atoms with Crippen LogP contribution < -0.4 is 14.8 Å². The second kappa shape index (κ2) is 9.74. The van der Waals surface area contributed by atoms with Crippen LogP contribution in [0.3, 0.4) is 0 Å². The molecule has 0 saturated carbocycles. The topological polar surface area (TPSA) is 80.2 Å². The Bertz CT molecular complexity index is 1000. The molecule has 7 nitrogen and oxygen atoms in total. The van der Waals surface area contributed by atoms with E-state index in [1.54, 1.807) is 4.90 Å². The van der Waals surface area contributed by atoms with E-state index in [1.165, 1.54) is 0 Å². The van der Waals surface area contributed by atoms with E-state index in [1.807, 2.05) is 36.4 Å². The number of carbonyl (C=O) groups is 2. The van der Waals surface area contributed by atoms with Gasteiger partial charge in [-0.3, -0.25) is 14.5 Å². The van der Waals surface area contributed by atoms with Crippen molar-refractivity contribution in [3.8, 4) is 11.5 Å². The quantitative estimate of drug-likeness (QED) is 0.432. The SMILES string of the molecule is O=C(CCCCCN1C(=O)C2C=C(Br)C=CC2=NC1=S)NCc1ccc2c(c1)OCO2. The van der Waals surface area contributed by atoms with Gasteiger partial charge in [-0.1, -0.05) is 34.5 Å². The Morgan fingerprint density at radius 2 is 2.06 bits per heavy atom. The van der Waals surface area contributed by atoms with Crippen molar-refractivity contribution >= 4 is 50.8 Å². The summed E-state index contributed by atoms with van der Waals surface area (Å²) < 4.78 is 11.5. The van der Waals surface area contributed by atoms with Gasteiger partial charge in [0, 0.05) is 24.0 Å². The molecule has 1 aromatic rings. The van der Waals surface area contributed by atoms with Gasteiger partial charge in [0.25, 0.3) is 0 Å². The molecular formula is C22H22BrN3O4S. The van der Waals surface area contributed by atoms with Gasteiger partial charge in [0.15, 0.2) is 11.5 Å². The number of carbonyl (C=O) groups excluding carboxylic acids is 2. The van der Waals surface area contributed by atoms with Crippen LogP contribution in [0.1, 0.15) is 31.2 Å². The molecule has 31 heavy (non-hydrogen) atoms. The highest BCUT2D eigenvalue weighted by Gasteiger charge is 2.34. The number of nitrogens with one attached hydrogen (secondary N) is 1. The predicted molar refractivity (Wildman–Crippen MR) is 124 cm³/mol. The van der Waals surface area contributed by atoms with E-state index in [4.69, 9.17) is 21.7 Å². The van der Waals surface area contributed by atoms with Crippen molar-refractivity contribution in [3.05, 3.63) is 46.5 Å². The van der Waals surface area contributed by atoms with Gasteiger partial charge in [-0.05, 0) is 54.9 Å². The van der Waals surface area contributed by atoms with Crippen LogP contribution in [-0.2, 0) is 16.1 Å². The van der Waals surface area contributed by atoms with Crippen molar-refractivity contribution in [2.75, 3.05) is 13.3 Å². The fourth-order valence-electron chi connectivity index (χ4n) is 3.58. The van der Waals surface area contributed by atoms with Crippen molar-refractivity contribution in [2.24, 2.45) is 10.9 Å². The van der Waals surface area contributed by atoms with Crippen molar-refractivity contribution in [1.29, 1.82) is 0 Å². The predicted octanol–water partition coefficient (Wildman–Crippen LogP) is 3.62. The first-order chi connectivity index (χ1) is 15.0. The summed E-state index contributed by atoms with van der Waals surface area (Å²) in [6.45, 7) is 1.20. The number of allylic oxidation sites excluding steroid dienone is 3. The summed E-state index contributed by atoms with van der Waals surface area (Å²) in [7, 11) is 0. The molecule has 2 aliphatic heterocycles. The maximum absolute atomic E-state index is 12.8. The molecule has 0 aromatic heterocycles. The smallest absolute Gasteiger partial charge is 0.241 e. The average molecular weight is 504 g/mol. The largest absolute Gasteiger partial charge is 0.454 e. The lowest BCUT2D eigenvalue weighted by atomic mass is 9.95. The number of thiocarbonyl (C=S) groups is 1. The number of hydrogen-bond acceptors (Lipinski definition) is 5. The minimum Gasteiger partial charge on any atom is -0.454 e.